The average molecular weight is 719 g/mol. The molecule has 1 heterocycles. The Morgan fingerprint density at radius 1 is 1.19 bits per heavy atom. The van der Waals surface area contributed by atoms with E-state index in [9.17, 15) is 25.2 Å². The van der Waals surface area contributed by atoms with Gasteiger partial charge in [0.15, 0.2) is 0 Å². The van der Waals surface area contributed by atoms with Crippen LogP contribution in [-0.4, -0.2) is 84.1 Å². The summed E-state index contributed by atoms with van der Waals surface area (Å²) in [5.74, 6) is -0.348. The monoisotopic (exact) mass is 718 g/mol. The van der Waals surface area contributed by atoms with Crippen LogP contribution in [0, 0.1) is 23.2 Å². The molecule has 1 aromatic carbocycles. The molecular weight excluding hydrogens is 652 g/mol. The number of aliphatic hydroxyl groups is 4. The van der Waals surface area contributed by atoms with Crippen LogP contribution < -0.4 is 10.6 Å². The summed E-state index contributed by atoms with van der Waals surface area (Å²) in [6, 6.07) is 8.83. The van der Waals surface area contributed by atoms with Crippen LogP contribution in [0.4, 0.5) is 0 Å². The highest BCUT2D eigenvalue weighted by atomic mass is 16.5. The second-order valence-electron chi connectivity index (χ2n) is 15.7. The number of nitrogens with one attached hydrogen (secondary N) is 2. The highest BCUT2D eigenvalue weighted by molar-refractivity contribution is 5.74. The van der Waals surface area contributed by atoms with Gasteiger partial charge in [0.25, 0.3) is 0 Å². The van der Waals surface area contributed by atoms with Gasteiger partial charge in [0, 0.05) is 30.6 Å². The Hall–Kier alpha value is -2.69. The molecule has 8 heteroatoms. The number of ether oxygens (including phenoxy) is 1. The molecule has 2 bridgehead atoms. The standard InChI is InChI=1S/C44H66N2O6/c1-7-52-29-37(14-8-11-30(2)36-17-16-31(3)42(50)46-33(5)25-34-12-9-13-35(26-34)27-36)39-19-21-44(41(39)49)40(15-10-24-47)38(32(4)28-48)18-20-43(44,51)22-23-45-6/h8-9,11-14,16,26,28,33,36,39-42,45-47,49-51H,2,7,10,15,17-25,27,29H2,1,3-6H3. The number of hydrogen-bond donors (Lipinski definition) is 6. The number of fused-ring (bicyclic) bond motifs is 2. The van der Waals surface area contributed by atoms with Crippen LogP contribution in [0.2, 0.25) is 0 Å². The van der Waals surface area contributed by atoms with Crippen molar-refractivity contribution >= 4 is 6.29 Å². The molecule has 288 valence electrons. The van der Waals surface area contributed by atoms with Gasteiger partial charge >= 0.3 is 0 Å². The Morgan fingerprint density at radius 3 is 2.63 bits per heavy atom. The van der Waals surface area contributed by atoms with Gasteiger partial charge in [0.1, 0.15) is 12.5 Å². The number of benzene rings is 1. The molecule has 1 aromatic rings. The smallest absolute Gasteiger partial charge is 0.145 e. The second-order valence-corrected chi connectivity index (χ2v) is 15.7. The Morgan fingerprint density at radius 2 is 1.94 bits per heavy atom. The van der Waals surface area contributed by atoms with Crippen LogP contribution in [0.5, 0.6) is 0 Å². The van der Waals surface area contributed by atoms with E-state index in [1.807, 2.05) is 33.9 Å². The van der Waals surface area contributed by atoms with Crippen LogP contribution in [-0.2, 0) is 22.4 Å². The first-order chi connectivity index (χ1) is 24.9. The second kappa shape index (κ2) is 19.6. The maximum Gasteiger partial charge on any atom is 0.145 e. The first-order valence-electron chi connectivity index (χ1n) is 19.6. The summed E-state index contributed by atoms with van der Waals surface area (Å²) in [4.78, 5) is 12.1. The van der Waals surface area contributed by atoms with E-state index >= 15 is 0 Å². The molecule has 4 rings (SSSR count). The molecule has 0 aromatic heterocycles. The van der Waals surface area contributed by atoms with Crippen molar-refractivity contribution in [1.29, 1.82) is 0 Å². The minimum atomic E-state index is -1.14. The third-order valence-electron chi connectivity index (χ3n) is 12.3. The first kappa shape index (κ1) is 42.1. The molecule has 0 saturated heterocycles. The van der Waals surface area contributed by atoms with Crippen molar-refractivity contribution in [2.45, 2.75) is 116 Å². The highest BCUT2D eigenvalue weighted by Gasteiger charge is 2.65. The molecule has 52 heavy (non-hydrogen) atoms. The lowest BCUT2D eigenvalue weighted by molar-refractivity contribution is -0.180. The zero-order valence-corrected chi connectivity index (χ0v) is 32.4. The van der Waals surface area contributed by atoms with Crippen LogP contribution in [0.1, 0.15) is 90.2 Å². The fourth-order valence-corrected chi connectivity index (χ4v) is 9.40. The first-order valence-corrected chi connectivity index (χ1v) is 19.6. The van der Waals surface area contributed by atoms with E-state index < -0.39 is 23.3 Å². The molecule has 0 radical (unpaired) electrons. The van der Waals surface area contributed by atoms with E-state index in [1.165, 1.54) is 11.1 Å². The van der Waals surface area contributed by atoms with Crippen molar-refractivity contribution < 1.29 is 30.0 Å². The number of aliphatic hydroxyl groups excluding tert-OH is 3. The fourth-order valence-electron chi connectivity index (χ4n) is 9.40. The molecule has 2 fully saturated rings. The Kier molecular flexibility index (Phi) is 15.8. The van der Waals surface area contributed by atoms with Gasteiger partial charge in [-0.2, -0.15) is 0 Å². The van der Waals surface area contributed by atoms with Gasteiger partial charge in [-0.05, 0) is 145 Å². The lowest BCUT2D eigenvalue weighted by Gasteiger charge is -2.57. The molecule has 2 saturated carbocycles. The zero-order valence-electron chi connectivity index (χ0n) is 32.4. The van der Waals surface area contributed by atoms with E-state index in [1.54, 1.807) is 0 Å². The predicted molar refractivity (Wildman–Crippen MR) is 210 cm³/mol. The maximum atomic E-state index is 12.6. The van der Waals surface area contributed by atoms with Crippen LogP contribution in [0.3, 0.4) is 0 Å². The number of rotatable bonds is 14. The molecular formula is C44H66N2O6. The Bertz CT molecular complexity index is 1480. The van der Waals surface area contributed by atoms with E-state index in [0.717, 1.165) is 47.8 Å². The quantitative estimate of drug-likeness (QED) is 0.0607. The number of carbonyl (C=O) groups excluding carboxylic acids is 1. The fraction of sp³-hybridized carbons (Fsp3) is 0.614. The normalized spacial score (nSPS) is 32.7. The lowest BCUT2D eigenvalue weighted by Crippen LogP contribution is -2.61. The van der Waals surface area contributed by atoms with E-state index in [0.29, 0.717) is 70.3 Å². The highest BCUT2D eigenvalue weighted by Crippen LogP contribution is 2.64. The minimum Gasteiger partial charge on any atom is -0.396 e. The summed E-state index contributed by atoms with van der Waals surface area (Å²) < 4.78 is 5.99. The average Bonchev–Trinajstić information content (AvgIpc) is 3.47. The van der Waals surface area contributed by atoms with E-state index in [2.05, 4.69) is 66.6 Å². The molecule has 6 N–H and O–H groups in total. The largest absolute Gasteiger partial charge is 0.396 e. The van der Waals surface area contributed by atoms with E-state index in [4.69, 9.17) is 4.74 Å². The van der Waals surface area contributed by atoms with Crippen molar-refractivity contribution in [3.63, 3.8) is 0 Å². The summed E-state index contributed by atoms with van der Waals surface area (Å²) in [7, 11) is 1.87. The summed E-state index contributed by atoms with van der Waals surface area (Å²) >= 11 is 0. The van der Waals surface area contributed by atoms with Crippen molar-refractivity contribution in [2.24, 2.45) is 23.2 Å². The number of carbonyl (C=O) groups is 1. The van der Waals surface area contributed by atoms with Crippen molar-refractivity contribution in [3.8, 4) is 0 Å². The molecule has 2 aliphatic carbocycles. The molecule has 1 spiro atoms. The predicted octanol–water partition coefficient (Wildman–Crippen LogP) is 5.91. The summed E-state index contributed by atoms with van der Waals surface area (Å²) in [5, 5.41) is 52.4. The molecule has 3 aliphatic rings. The van der Waals surface area contributed by atoms with Crippen LogP contribution in [0.15, 0.2) is 83.0 Å². The third-order valence-corrected chi connectivity index (χ3v) is 12.3. The summed E-state index contributed by atoms with van der Waals surface area (Å²) in [6.07, 6.45) is 14.0. The van der Waals surface area contributed by atoms with Crippen LogP contribution >= 0.6 is 0 Å². The van der Waals surface area contributed by atoms with Crippen molar-refractivity contribution in [1.82, 2.24) is 10.6 Å². The van der Waals surface area contributed by atoms with Crippen LogP contribution in [0.25, 0.3) is 0 Å². The van der Waals surface area contributed by atoms with E-state index in [-0.39, 0.29) is 30.4 Å². The number of allylic oxidation sites excluding steroid dienone is 7. The van der Waals surface area contributed by atoms with Crippen molar-refractivity contribution in [3.05, 3.63) is 94.1 Å². The minimum absolute atomic E-state index is 0.0110. The summed E-state index contributed by atoms with van der Waals surface area (Å²) in [5.41, 5.74) is 5.02. The molecule has 8 nitrogen and oxygen atoms in total. The van der Waals surface area contributed by atoms with Gasteiger partial charge in [0.05, 0.1) is 18.3 Å². The summed E-state index contributed by atoms with van der Waals surface area (Å²) in [6.45, 7) is 13.9. The Labute approximate surface area is 312 Å². The molecule has 8 unspecified atom stereocenters. The van der Waals surface area contributed by atoms with Gasteiger partial charge in [-0.3, -0.25) is 10.1 Å². The zero-order chi connectivity index (χ0) is 37.9. The number of aldehydes is 1. The maximum absolute atomic E-state index is 12.6. The molecule has 0 amide bonds. The van der Waals surface area contributed by atoms with Gasteiger partial charge in [-0.1, -0.05) is 66.3 Å². The third kappa shape index (κ3) is 9.69. The molecule has 1 aliphatic heterocycles. The Balaban J connectivity index is 1.67. The van der Waals surface area contributed by atoms with Gasteiger partial charge in [0.2, 0.25) is 0 Å². The number of hydrogen-bond acceptors (Lipinski definition) is 8. The van der Waals surface area contributed by atoms with Gasteiger partial charge in [-0.25, -0.2) is 0 Å². The van der Waals surface area contributed by atoms with Crippen molar-refractivity contribution in [2.75, 3.05) is 33.4 Å². The SMILES string of the molecule is C=C(C=CC=C(COCC)C1CCC2(C(CCCO)C(=C(C)C=O)CCC2(O)CCNC)C1O)C1CC=C(C)C(O)NC(C)Cc2cccc(c2)C1. The topological polar surface area (TPSA) is 131 Å². The van der Waals surface area contributed by atoms with Gasteiger partial charge < -0.3 is 30.5 Å². The lowest BCUT2D eigenvalue weighted by atomic mass is 9.51. The van der Waals surface area contributed by atoms with Gasteiger partial charge in [-0.15, -0.1) is 0 Å². The molecule has 8 atom stereocenters.